The summed E-state index contributed by atoms with van der Waals surface area (Å²) in [5.74, 6) is 1.29. The minimum Gasteiger partial charge on any atom is -0.468 e. The van der Waals surface area contributed by atoms with Crippen LogP contribution < -0.4 is 10.1 Å². The quantitative estimate of drug-likeness (QED) is 0.197. The van der Waals surface area contributed by atoms with Crippen molar-refractivity contribution < 1.29 is 9.47 Å². The lowest BCUT2D eigenvalue weighted by Gasteiger charge is -2.15. The van der Waals surface area contributed by atoms with Crippen LogP contribution >= 0.6 is 34.8 Å². The summed E-state index contributed by atoms with van der Waals surface area (Å²) >= 11 is 18.7. The molecule has 0 aliphatic heterocycles. The fourth-order valence-electron chi connectivity index (χ4n) is 3.60. The maximum atomic E-state index is 6.34. The molecule has 0 atom stereocenters. The fourth-order valence-corrected chi connectivity index (χ4v) is 4.18. The molecule has 4 rings (SSSR count). The molecule has 0 spiro atoms. The third kappa shape index (κ3) is 6.84. The number of benzene rings is 2. The van der Waals surface area contributed by atoms with E-state index in [0.717, 1.165) is 24.0 Å². The highest BCUT2D eigenvalue weighted by atomic mass is 35.5. The van der Waals surface area contributed by atoms with Crippen molar-refractivity contribution in [2.75, 3.05) is 12.1 Å². The van der Waals surface area contributed by atoms with Crippen LogP contribution in [0.3, 0.4) is 0 Å². The van der Waals surface area contributed by atoms with Gasteiger partial charge in [0.2, 0.25) is 0 Å². The van der Waals surface area contributed by atoms with E-state index in [4.69, 9.17) is 49.3 Å². The standard InChI is InChI=1S/C25H24Cl3N3O2/c26-19-10-8-17(9-11-19)13-30-25(31-24-22(27)14-29-15-23(24)28)18-4-3-7-21(12-18)33-16-32-20-5-1-2-6-20/h3-4,7-12,14-15,20H,1-2,5-6,13,16H2,(H,29,30,31). The Kier molecular flexibility index (Phi) is 8.46. The van der Waals surface area contributed by atoms with E-state index in [-0.39, 0.29) is 6.79 Å². The van der Waals surface area contributed by atoms with Crippen LogP contribution in [0.15, 0.2) is 65.9 Å². The highest BCUT2D eigenvalue weighted by Gasteiger charge is 2.16. The number of rotatable bonds is 8. The van der Waals surface area contributed by atoms with Crippen molar-refractivity contribution in [1.82, 2.24) is 4.98 Å². The van der Waals surface area contributed by atoms with Gasteiger partial charge in [0.1, 0.15) is 11.6 Å². The minimum atomic E-state index is 0.223. The first-order valence-corrected chi connectivity index (χ1v) is 11.9. The molecule has 3 aromatic rings. The monoisotopic (exact) mass is 503 g/mol. The van der Waals surface area contributed by atoms with E-state index in [1.807, 2.05) is 48.5 Å². The van der Waals surface area contributed by atoms with E-state index < -0.39 is 0 Å². The number of aliphatic imine (C=N–C) groups is 1. The van der Waals surface area contributed by atoms with Crippen molar-refractivity contribution in [2.45, 2.75) is 38.3 Å². The summed E-state index contributed by atoms with van der Waals surface area (Å²) in [6.07, 6.45) is 8.00. The van der Waals surface area contributed by atoms with Gasteiger partial charge in [-0.25, -0.2) is 0 Å². The number of nitrogens with one attached hydrogen (secondary N) is 1. The van der Waals surface area contributed by atoms with Crippen molar-refractivity contribution >= 4 is 46.3 Å². The summed E-state index contributed by atoms with van der Waals surface area (Å²) in [5.41, 5.74) is 2.38. The number of amidine groups is 1. The summed E-state index contributed by atoms with van der Waals surface area (Å²) in [6, 6.07) is 15.2. The molecule has 0 amide bonds. The van der Waals surface area contributed by atoms with Gasteiger partial charge in [0.05, 0.1) is 28.4 Å². The predicted octanol–water partition coefficient (Wildman–Crippen LogP) is 7.40. The Morgan fingerprint density at radius 1 is 1.00 bits per heavy atom. The van der Waals surface area contributed by atoms with Crippen LogP contribution in [0.5, 0.6) is 5.75 Å². The summed E-state index contributed by atoms with van der Waals surface area (Å²) < 4.78 is 11.7. The zero-order valence-corrected chi connectivity index (χ0v) is 20.2. The molecule has 1 aliphatic rings. The van der Waals surface area contributed by atoms with Crippen molar-refractivity contribution in [3.05, 3.63) is 87.1 Å². The second kappa shape index (κ2) is 11.7. The molecule has 5 nitrogen and oxygen atoms in total. The van der Waals surface area contributed by atoms with E-state index in [1.54, 1.807) is 0 Å². The molecule has 1 fully saturated rings. The highest BCUT2D eigenvalue weighted by Crippen LogP contribution is 2.30. The Bertz CT molecular complexity index is 1080. The second-order valence-corrected chi connectivity index (χ2v) is 9.01. The Hall–Kier alpha value is -2.31. The smallest absolute Gasteiger partial charge is 0.189 e. The second-order valence-electron chi connectivity index (χ2n) is 7.76. The molecule has 0 saturated heterocycles. The number of pyridine rings is 1. The predicted molar refractivity (Wildman–Crippen MR) is 135 cm³/mol. The van der Waals surface area contributed by atoms with Crippen molar-refractivity contribution in [3.8, 4) is 5.75 Å². The van der Waals surface area contributed by atoms with E-state index in [1.165, 1.54) is 25.2 Å². The molecule has 172 valence electrons. The molecule has 0 radical (unpaired) electrons. The lowest BCUT2D eigenvalue weighted by Crippen LogP contribution is -2.16. The van der Waals surface area contributed by atoms with E-state index in [9.17, 15) is 0 Å². The zero-order chi connectivity index (χ0) is 23.0. The van der Waals surface area contributed by atoms with Crippen molar-refractivity contribution in [3.63, 3.8) is 0 Å². The summed E-state index contributed by atoms with van der Waals surface area (Å²) in [4.78, 5) is 8.81. The normalized spacial score (nSPS) is 14.5. The maximum Gasteiger partial charge on any atom is 0.189 e. The van der Waals surface area contributed by atoms with E-state index in [2.05, 4.69) is 10.3 Å². The van der Waals surface area contributed by atoms with E-state index >= 15 is 0 Å². The average molecular weight is 505 g/mol. The van der Waals surface area contributed by atoms with Crippen molar-refractivity contribution in [2.24, 2.45) is 4.99 Å². The highest BCUT2D eigenvalue weighted by molar-refractivity contribution is 6.39. The van der Waals surface area contributed by atoms with E-state index in [0.29, 0.717) is 45.0 Å². The number of hydrogen-bond acceptors (Lipinski definition) is 4. The van der Waals surface area contributed by atoms with Crippen LogP contribution in [0.4, 0.5) is 5.69 Å². The first-order chi connectivity index (χ1) is 16.1. The number of nitrogens with zero attached hydrogens (tertiary/aromatic N) is 2. The number of halogens is 3. The molecule has 33 heavy (non-hydrogen) atoms. The van der Waals surface area contributed by atoms with Gasteiger partial charge < -0.3 is 14.8 Å². The first kappa shape index (κ1) is 23.8. The third-order valence-electron chi connectivity index (χ3n) is 5.37. The zero-order valence-electron chi connectivity index (χ0n) is 17.9. The molecular formula is C25H24Cl3N3O2. The Morgan fingerprint density at radius 3 is 2.45 bits per heavy atom. The molecule has 2 aromatic carbocycles. The van der Waals surface area contributed by atoms with Crippen LogP contribution in [0.2, 0.25) is 15.1 Å². The topological polar surface area (TPSA) is 55.7 Å². The largest absolute Gasteiger partial charge is 0.468 e. The number of aromatic nitrogens is 1. The van der Waals surface area contributed by atoms with Crippen LogP contribution in [0.1, 0.15) is 36.8 Å². The number of anilines is 1. The minimum absolute atomic E-state index is 0.223. The lowest BCUT2D eigenvalue weighted by atomic mass is 10.1. The summed E-state index contributed by atoms with van der Waals surface area (Å²) in [6.45, 7) is 0.663. The van der Waals surface area contributed by atoms with Gasteiger partial charge in [0.15, 0.2) is 6.79 Å². The van der Waals surface area contributed by atoms with Crippen LogP contribution in [0, 0.1) is 0 Å². The van der Waals surface area contributed by atoms with Gasteiger partial charge in [0, 0.05) is 23.0 Å². The maximum absolute atomic E-state index is 6.34. The van der Waals surface area contributed by atoms with Gasteiger partial charge >= 0.3 is 0 Å². The third-order valence-corrected chi connectivity index (χ3v) is 6.19. The Labute approximate surface area is 208 Å². The SMILES string of the molecule is Clc1ccc(CN=C(Nc2c(Cl)cncc2Cl)c2cccc(OCOC3CCCC3)c2)cc1. The molecule has 0 unspecified atom stereocenters. The van der Waals surface area contributed by atoms with Gasteiger partial charge in [0.25, 0.3) is 0 Å². The van der Waals surface area contributed by atoms with Crippen LogP contribution in [-0.2, 0) is 11.3 Å². The lowest BCUT2D eigenvalue weighted by molar-refractivity contribution is -0.0324. The number of hydrogen-bond donors (Lipinski definition) is 1. The van der Waals surface area contributed by atoms with Crippen LogP contribution in [0.25, 0.3) is 0 Å². The summed E-state index contributed by atoms with van der Waals surface area (Å²) in [5, 5.41) is 4.76. The molecule has 1 heterocycles. The van der Waals surface area contributed by atoms with Gasteiger partial charge in [-0.15, -0.1) is 0 Å². The Balaban J connectivity index is 1.55. The van der Waals surface area contributed by atoms with Gasteiger partial charge in [-0.1, -0.05) is 71.9 Å². The molecule has 1 N–H and O–H groups in total. The molecule has 1 aliphatic carbocycles. The fraction of sp³-hybridized carbons (Fsp3) is 0.280. The van der Waals surface area contributed by atoms with Gasteiger partial charge in [-0.05, 0) is 42.7 Å². The first-order valence-electron chi connectivity index (χ1n) is 10.8. The number of ether oxygens (including phenoxy) is 2. The molecule has 1 saturated carbocycles. The van der Waals surface area contributed by atoms with Crippen LogP contribution in [-0.4, -0.2) is 23.7 Å². The van der Waals surface area contributed by atoms with Crippen molar-refractivity contribution in [1.29, 1.82) is 0 Å². The molecule has 0 bridgehead atoms. The average Bonchev–Trinajstić information content (AvgIpc) is 3.33. The molecule has 8 heteroatoms. The summed E-state index contributed by atoms with van der Waals surface area (Å²) in [7, 11) is 0. The van der Waals surface area contributed by atoms with Gasteiger partial charge in [-0.3, -0.25) is 9.98 Å². The molecular weight excluding hydrogens is 481 g/mol. The van der Waals surface area contributed by atoms with Gasteiger partial charge in [-0.2, -0.15) is 0 Å². The Morgan fingerprint density at radius 2 is 1.73 bits per heavy atom. The molecule has 1 aromatic heterocycles.